The summed E-state index contributed by atoms with van der Waals surface area (Å²) in [6, 6.07) is 3.90. The number of aromatic nitrogens is 1. The summed E-state index contributed by atoms with van der Waals surface area (Å²) in [4.78, 5) is 49.9. The number of aryl methyl sites for hydroxylation is 1. The molecule has 31 heavy (non-hydrogen) atoms. The predicted octanol–water partition coefficient (Wildman–Crippen LogP) is 3.15. The SMILES string of the molecule is Cc1cc(NC(=O)c2c(C)c(C(=O)C(=O)NC3CCCC(=O)C3)n(C)c2C)ccc1F. The van der Waals surface area contributed by atoms with Crippen LogP contribution in [0.4, 0.5) is 10.1 Å². The van der Waals surface area contributed by atoms with Crippen LogP contribution in [0.3, 0.4) is 0 Å². The lowest BCUT2D eigenvalue weighted by atomic mass is 9.94. The van der Waals surface area contributed by atoms with Gasteiger partial charge in [0.1, 0.15) is 11.6 Å². The fourth-order valence-corrected chi connectivity index (χ4v) is 4.06. The molecule has 7 nitrogen and oxygen atoms in total. The van der Waals surface area contributed by atoms with Gasteiger partial charge in [0, 0.05) is 37.3 Å². The zero-order valence-electron chi connectivity index (χ0n) is 18.1. The van der Waals surface area contributed by atoms with Crippen molar-refractivity contribution in [1.29, 1.82) is 0 Å². The van der Waals surface area contributed by atoms with Gasteiger partial charge < -0.3 is 15.2 Å². The Hall–Kier alpha value is -3.29. The van der Waals surface area contributed by atoms with Gasteiger partial charge in [0.05, 0.1) is 11.3 Å². The molecule has 1 aliphatic carbocycles. The second-order valence-electron chi connectivity index (χ2n) is 8.05. The smallest absolute Gasteiger partial charge is 0.294 e. The van der Waals surface area contributed by atoms with E-state index in [0.29, 0.717) is 41.8 Å². The summed E-state index contributed by atoms with van der Waals surface area (Å²) in [6.45, 7) is 4.90. The Labute approximate surface area is 180 Å². The molecule has 2 aromatic rings. The van der Waals surface area contributed by atoms with E-state index in [0.717, 1.165) is 0 Å². The molecular formula is C23H26FN3O4. The molecule has 1 aliphatic rings. The molecule has 2 amide bonds. The number of hydrogen-bond donors (Lipinski definition) is 2. The summed E-state index contributed by atoms with van der Waals surface area (Å²) in [6.07, 6.45) is 2.07. The van der Waals surface area contributed by atoms with Gasteiger partial charge in [-0.15, -0.1) is 0 Å². The number of carbonyl (C=O) groups excluding carboxylic acids is 4. The monoisotopic (exact) mass is 427 g/mol. The average molecular weight is 427 g/mol. The van der Waals surface area contributed by atoms with Crippen LogP contribution in [0.15, 0.2) is 18.2 Å². The van der Waals surface area contributed by atoms with Crippen molar-refractivity contribution in [1.82, 2.24) is 9.88 Å². The largest absolute Gasteiger partial charge is 0.346 e. The molecule has 3 rings (SSSR count). The van der Waals surface area contributed by atoms with Crippen LogP contribution in [-0.2, 0) is 16.6 Å². The molecule has 8 heteroatoms. The number of hydrogen-bond acceptors (Lipinski definition) is 4. The summed E-state index contributed by atoms with van der Waals surface area (Å²) in [5.41, 5.74) is 2.15. The van der Waals surface area contributed by atoms with Gasteiger partial charge in [0.25, 0.3) is 17.6 Å². The number of anilines is 1. The first kappa shape index (κ1) is 22.4. The maximum atomic E-state index is 13.5. The van der Waals surface area contributed by atoms with Crippen molar-refractivity contribution in [2.24, 2.45) is 7.05 Å². The lowest BCUT2D eigenvalue weighted by molar-refractivity contribution is -0.122. The van der Waals surface area contributed by atoms with Crippen molar-refractivity contribution >= 4 is 29.1 Å². The molecule has 0 saturated heterocycles. The average Bonchev–Trinajstić information content (AvgIpc) is 2.92. The minimum atomic E-state index is -0.787. The molecule has 164 valence electrons. The van der Waals surface area contributed by atoms with Gasteiger partial charge in [-0.05, 0) is 62.9 Å². The highest BCUT2D eigenvalue weighted by Crippen LogP contribution is 2.24. The maximum absolute atomic E-state index is 13.5. The molecule has 1 heterocycles. The molecule has 2 N–H and O–H groups in total. The van der Waals surface area contributed by atoms with Gasteiger partial charge in [-0.25, -0.2) is 4.39 Å². The third kappa shape index (κ3) is 4.57. The molecule has 1 aromatic heterocycles. The highest BCUT2D eigenvalue weighted by molar-refractivity contribution is 6.43. The van der Waals surface area contributed by atoms with Crippen molar-refractivity contribution in [3.05, 3.63) is 52.1 Å². The van der Waals surface area contributed by atoms with Crippen molar-refractivity contribution in [2.45, 2.75) is 52.5 Å². The predicted molar refractivity (Wildman–Crippen MR) is 114 cm³/mol. The zero-order chi connectivity index (χ0) is 22.9. The second kappa shape index (κ2) is 8.83. The van der Waals surface area contributed by atoms with Crippen LogP contribution in [-0.4, -0.2) is 34.0 Å². The maximum Gasteiger partial charge on any atom is 0.294 e. The van der Waals surface area contributed by atoms with Crippen LogP contribution < -0.4 is 10.6 Å². The Balaban J connectivity index is 1.82. The fourth-order valence-electron chi connectivity index (χ4n) is 4.06. The van der Waals surface area contributed by atoms with E-state index < -0.39 is 17.6 Å². The van der Waals surface area contributed by atoms with Crippen molar-refractivity contribution in [3.63, 3.8) is 0 Å². The van der Waals surface area contributed by atoms with E-state index in [2.05, 4.69) is 10.6 Å². The van der Waals surface area contributed by atoms with E-state index in [1.807, 2.05) is 0 Å². The van der Waals surface area contributed by atoms with Crippen molar-refractivity contribution in [3.8, 4) is 0 Å². The number of Topliss-reactive ketones (excluding diaryl/α,β-unsaturated/α-hetero) is 2. The third-order valence-electron chi connectivity index (χ3n) is 5.81. The van der Waals surface area contributed by atoms with Crippen LogP contribution in [0.1, 0.15) is 63.4 Å². The summed E-state index contributed by atoms with van der Waals surface area (Å²) < 4.78 is 15.0. The molecular weight excluding hydrogens is 401 g/mol. The first-order valence-corrected chi connectivity index (χ1v) is 10.2. The Bertz CT molecular complexity index is 1090. The van der Waals surface area contributed by atoms with Crippen LogP contribution in [0.25, 0.3) is 0 Å². The molecule has 1 atom stereocenters. The number of rotatable bonds is 5. The van der Waals surface area contributed by atoms with E-state index in [4.69, 9.17) is 0 Å². The molecule has 0 spiro atoms. The normalized spacial score (nSPS) is 16.2. The van der Waals surface area contributed by atoms with Gasteiger partial charge >= 0.3 is 0 Å². The lowest BCUT2D eigenvalue weighted by Crippen LogP contribution is -2.42. The van der Waals surface area contributed by atoms with Gasteiger partial charge in [0.2, 0.25) is 0 Å². The summed E-state index contributed by atoms with van der Waals surface area (Å²) in [5.74, 6) is -2.29. The summed E-state index contributed by atoms with van der Waals surface area (Å²) in [5, 5.41) is 5.37. The Morgan fingerprint density at radius 2 is 1.87 bits per heavy atom. The van der Waals surface area contributed by atoms with Gasteiger partial charge in [-0.2, -0.15) is 0 Å². The quantitative estimate of drug-likeness (QED) is 0.566. The zero-order valence-corrected chi connectivity index (χ0v) is 18.1. The van der Waals surface area contributed by atoms with Gasteiger partial charge in [0.15, 0.2) is 0 Å². The van der Waals surface area contributed by atoms with Crippen molar-refractivity contribution in [2.75, 3.05) is 5.32 Å². The number of ketones is 2. The van der Waals surface area contributed by atoms with Crippen molar-refractivity contribution < 1.29 is 23.6 Å². The summed E-state index contributed by atoms with van der Waals surface area (Å²) in [7, 11) is 1.62. The van der Waals surface area contributed by atoms with Crippen LogP contribution >= 0.6 is 0 Å². The number of amides is 2. The number of benzene rings is 1. The van der Waals surface area contributed by atoms with Crippen LogP contribution in [0.5, 0.6) is 0 Å². The third-order valence-corrected chi connectivity index (χ3v) is 5.81. The van der Waals surface area contributed by atoms with E-state index in [9.17, 15) is 23.6 Å². The van der Waals surface area contributed by atoms with E-state index in [-0.39, 0.29) is 35.3 Å². The van der Waals surface area contributed by atoms with E-state index in [1.54, 1.807) is 27.8 Å². The Morgan fingerprint density at radius 3 is 2.52 bits per heavy atom. The molecule has 0 radical (unpaired) electrons. The second-order valence-corrected chi connectivity index (χ2v) is 8.05. The molecule has 0 aliphatic heterocycles. The minimum Gasteiger partial charge on any atom is -0.346 e. The minimum absolute atomic E-state index is 0.0740. The van der Waals surface area contributed by atoms with Crippen LogP contribution in [0, 0.1) is 26.6 Å². The topological polar surface area (TPSA) is 97.3 Å². The molecule has 1 fully saturated rings. The number of carbonyl (C=O) groups is 4. The Kier molecular flexibility index (Phi) is 6.38. The highest BCUT2D eigenvalue weighted by Gasteiger charge is 2.30. The highest BCUT2D eigenvalue weighted by atomic mass is 19.1. The molecule has 1 unspecified atom stereocenters. The Morgan fingerprint density at radius 1 is 1.16 bits per heavy atom. The van der Waals surface area contributed by atoms with Gasteiger partial charge in [-0.1, -0.05) is 0 Å². The first-order valence-electron chi connectivity index (χ1n) is 10.2. The number of nitrogens with zero attached hydrogens (tertiary/aromatic N) is 1. The molecule has 1 aromatic carbocycles. The van der Waals surface area contributed by atoms with E-state index >= 15 is 0 Å². The summed E-state index contributed by atoms with van der Waals surface area (Å²) >= 11 is 0. The number of nitrogens with one attached hydrogen (secondary N) is 2. The lowest BCUT2D eigenvalue weighted by Gasteiger charge is -2.21. The first-order chi connectivity index (χ1) is 14.6. The fraction of sp³-hybridized carbons (Fsp3) is 0.391. The molecule has 1 saturated carbocycles. The standard InChI is InChI=1S/C23H26FN3O4/c1-12-10-16(8-9-18(12)24)25-22(30)19-13(2)20(27(4)14(19)3)21(29)23(31)26-15-6-5-7-17(28)11-15/h8-10,15H,5-7,11H2,1-4H3,(H,25,30)(H,26,31). The van der Waals surface area contributed by atoms with Crippen LogP contribution in [0.2, 0.25) is 0 Å². The van der Waals surface area contributed by atoms with E-state index in [1.165, 1.54) is 22.8 Å². The number of halogens is 1. The van der Waals surface area contributed by atoms with Gasteiger partial charge in [-0.3, -0.25) is 19.2 Å². The molecule has 0 bridgehead atoms.